The summed E-state index contributed by atoms with van der Waals surface area (Å²) in [6.07, 6.45) is 0. The van der Waals surface area contributed by atoms with Crippen LogP contribution in [0, 0.1) is 5.82 Å². The van der Waals surface area contributed by atoms with Crippen LogP contribution in [-0.4, -0.2) is 17.5 Å². The van der Waals surface area contributed by atoms with Gasteiger partial charge >= 0.3 is 0 Å². The van der Waals surface area contributed by atoms with Crippen molar-refractivity contribution in [1.29, 1.82) is 0 Å². The van der Waals surface area contributed by atoms with Crippen molar-refractivity contribution >= 4 is 55.8 Å². The summed E-state index contributed by atoms with van der Waals surface area (Å²) in [7, 11) is 0. The summed E-state index contributed by atoms with van der Waals surface area (Å²) in [5.74, 6) is -0.359. The second-order valence-electron chi connectivity index (χ2n) is 4.52. The van der Waals surface area contributed by atoms with Gasteiger partial charge in [0.2, 0.25) is 0 Å². The number of anilines is 1. The van der Waals surface area contributed by atoms with Crippen molar-refractivity contribution in [1.82, 2.24) is 4.98 Å². The second kappa shape index (κ2) is 6.70. The average Bonchev–Trinajstić information content (AvgIpc) is 2.95. The third-order valence-electron chi connectivity index (χ3n) is 2.88. The first-order valence-electron chi connectivity index (χ1n) is 6.45. The van der Waals surface area contributed by atoms with Gasteiger partial charge in [0.05, 0.1) is 14.7 Å². The summed E-state index contributed by atoms with van der Waals surface area (Å²) in [4.78, 5) is 16.1. The number of carbonyl (C=O) groups excluding carboxylic acids is 1. The van der Waals surface area contributed by atoms with Crippen molar-refractivity contribution < 1.29 is 13.9 Å². The average molecular weight is 371 g/mol. The minimum atomic E-state index is -0.388. The molecule has 1 amide bonds. The van der Waals surface area contributed by atoms with Crippen LogP contribution in [0.25, 0.3) is 10.2 Å². The Morgan fingerprint density at radius 1 is 1.17 bits per heavy atom. The molecule has 0 spiro atoms. The number of ether oxygens (including phenoxy) is 1. The lowest BCUT2D eigenvalue weighted by molar-refractivity contribution is -0.118. The van der Waals surface area contributed by atoms with Gasteiger partial charge in [0.25, 0.3) is 5.91 Å². The van der Waals surface area contributed by atoms with E-state index in [0.29, 0.717) is 31.1 Å². The number of thiazole rings is 1. The predicted octanol–water partition coefficient (Wildman–Crippen LogP) is 4.76. The van der Waals surface area contributed by atoms with Crippen LogP contribution < -0.4 is 10.1 Å². The zero-order valence-corrected chi connectivity index (χ0v) is 13.8. The highest BCUT2D eigenvalue weighted by molar-refractivity contribution is 7.23. The summed E-state index contributed by atoms with van der Waals surface area (Å²) in [6.45, 7) is -0.219. The smallest absolute Gasteiger partial charge is 0.264 e. The molecule has 0 aliphatic carbocycles. The van der Waals surface area contributed by atoms with Crippen LogP contribution in [0.15, 0.2) is 36.4 Å². The maximum absolute atomic E-state index is 12.8. The van der Waals surface area contributed by atoms with E-state index in [2.05, 4.69) is 10.3 Å². The van der Waals surface area contributed by atoms with E-state index < -0.39 is 0 Å². The molecule has 1 heterocycles. The van der Waals surface area contributed by atoms with Gasteiger partial charge in [-0.25, -0.2) is 9.37 Å². The normalized spacial score (nSPS) is 10.7. The van der Waals surface area contributed by atoms with Gasteiger partial charge in [0.15, 0.2) is 11.7 Å². The molecule has 0 atom stereocenters. The number of nitrogens with zero attached hydrogens (tertiary/aromatic N) is 1. The first-order chi connectivity index (χ1) is 11.0. The van der Waals surface area contributed by atoms with Crippen molar-refractivity contribution in [2.45, 2.75) is 0 Å². The van der Waals surface area contributed by atoms with Crippen LogP contribution in [0.4, 0.5) is 9.52 Å². The fourth-order valence-corrected chi connectivity index (χ4v) is 3.27. The van der Waals surface area contributed by atoms with Crippen molar-refractivity contribution in [3.05, 3.63) is 52.3 Å². The van der Waals surface area contributed by atoms with Gasteiger partial charge in [0.1, 0.15) is 17.1 Å². The molecule has 0 bridgehead atoms. The molecule has 0 saturated heterocycles. The van der Waals surface area contributed by atoms with E-state index in [0.717, 1.165) is 0 Å². The Labute approximate surface area is 144 Å². The minimum Gasteiger partial charge on any atom is -0.484 e. The highest BCUT2D eigenvalue weighted by atomic mass is 35.5. The van der Waals surface area contributed by atoms with Crippen LogP contribution in [0.1, 0.15) is 0 Å². The Bertz CT molecular complexity index is 829. The lowest BCUT2D eigenvalue weighted by atomic mass is 10.3. The molecule has 4 nitrogen and oxygen atoms in total. The molecule has 118 valence electrons. The molecule has 3 rings (SSSR count). The largest absolute Gasteiger partial charge is 0.484 e. The van der Waals surface area contributed by atoms with Gasteiger partial charge < -0.3 is 4.74 Å². The quantitative estimate of drug-likeness (QED) is 0.720. The van der Waals surface area contributed by atoms with Crippen LogP contribution in [0.3, 0.4) is 0 Å². The fourth-order valence-electron chi connectivity index (χ4n) is 1.83. The number of hydrogen-bond acceptors (Lipinski definition) is 4. The van der Waals surface area contributed by atoms with E-state index in [1.807, 2.05) is 0 Å². The van der Waals surface area contributed by atoms with E-state index >= 15 is 0 Å². The molecule has 8 heteroatoms. The predicted molar refractivity (Wildman–Crippen MR) is 90.2 cm³/mol. The first kappa shape index (κ1) is 16.0. The molecule has 2 aromatic carbocycles. The van der Waals surface area contributed by atoms with Gasteiger partial charge in [0, 0.05) is 0 Å². The monoisotopic (exact) mass is 370 g/mol. The molecule has 23 heavy (non-hydrogen) atoms. The number of fused-ring (bicyclic) bond motifs is 1. The highest BCUT2D eigenvalue weighted by Crippen LogP contribution is 2.35. The standard InChI is InChI=1S/C15H9Cl2FN2O2S/c16-10-5-6-11(17)14-13(10)20-15(23-14)19-12(21)7-22-9-3-1-8(18)2-4-9/h1-6H,7H2,(H,19,20,21). The van der Waals surface area contributed by atoms with Crippen LogP contribution in [-0.2, 0) is 4.79 Å². The van der Waals surface area contributed by atoms with Crippen LogP contribution in [0.5, 0.6) is 5.75 Å². The second-order valence-corrected chi connectivity index (χ2v) is 6.33. The van der Waals surface area contributed by atoms with E-state index in [-0.39, 0.29) is 18.3 Å². The van der Waals surface area contributed by atoms with Crippen molar-refractivity contribution in [3.63, 3.8) is 0 Å². The summed E-state index contributed by atoms with van der Waals surface area (Å²) in [5, 5.41) is 3.98. The molecular formula is C15H9Cl2FN2O2S. The Morgan fingerprint density at radius 2 is 1.87 bits per heavy atom. The van der Waals surface area contributed by atoms with Gasteiger partial charge in [-0.1, -0.05) is 34.5 Å². The number of hydrogen-bond donors (Lipinski definition) is 1. The Kier molecular flexibility index (Phi) is 4.66. The number of halogens is 3. The summed E-state index contributed by atoms with van der Waals surface area (Å²) in [6, 6.07) is 8.72. The Balaban J connectivity index is 1.67. The minimum absolute atomic E-state index is 0.219. The third kappa shape index (κ3) is 3.72. The van der Waals surface area contributed by atoms with Crippen LogP contribution in [0.2, 0.25) is 10.0 Å². The van der Waals surface area contributed by atoms with Gasteiger partial charge in [-0.15, -0.1) is 0 Å². The lowest BCUT2D eigenvalue weighted by Gasteiger charge is -2.05. The summed E-state index contributed by atoms with van der Waals surface area (Å²) in [5.41, 5.74) is 0.541. The van der Waals surface area contributed by atoms with Crippen molar-refractivity contribution in [2.24, 2.45) is 0 Å². The molecule has 0 saturated carbocycles. The van der Waals surface area contributed by atoms with Gasteiger partial charge in [-0.2, -0.15) is 0 Å². The summed E-state index contributed by atoms with van der Waals surface area (Å²) < 4.78 is 18.7. The first-order valence-corrected chi connectivity index (χ1v) is 8.03. The molecular weight excluding hydrogens is 362 g/mol. The zero-order chi connectivity index (χ0) is 16.4. The topological polar surface area (TPSA) is 51.2 Å². The molecule has 1 N–H and O–H groups in total. The zero-order valence-electron chi connectivity index (χ0n) is 11.5. The third-order valence-corrected chi connectivity index (χ3v) is 4.61. The van der Waals surface area contributed by atoms with Crippen molar-refractivity contribution in [2.75, 3.05) is 11.9 Å². The number of aromatic nitrogens is 1. The number of amides is 1. The molecule has 3 aromatic rings. The highest BCUT2D eigenvalue weighted by Gasteiger charge is 2.13. The molecule has 0 aliphatic heterocycles. The van der Waals surface area contributed by atoms with E-state index in [1.54, 1.807) is 12.1 Å². The van der Waals surface area contributed by atoms with Crippen molar-refractivity contribution in [3.8, 4) is 5.75 Å². The molecule has 0 fully saturated rings. The Morgan fingerprint density at radius 3 is 2.57 bits per heavy atom. The van der Waals surface area contributed by atoms with E-state index in [9.17, 15) is 9.18 Å². The number of benzene rings is 2. The number of nitrogens with one attached hydrogen (secondary N) is 1. The number of carbonyl (C=O) groups is 1. The molecule has 0 radical (unpaired) electrons. The maximum atomic E-state index is 12.8. The fraction of sp³-hybridized carbons (Fsp3) is 0.0667. The maximum Gasteiger partial charge on any atom is 0.264 e. The van der Waals surface area contributed by atoms with Gasteiger partial charge in [-0.3, -0.25) is 10.1 Å². The van der Waals surface area contributed by atoms with E-state index in [1.165, 1.54) is 35.6 Å². The SMILES string of the molecule is O=C(COc1ccc(F)cc1)Nc1nc2c(Cl)ccc(Cl)c2s1. The van der Waals surface area contributed by atoms with Crippen LogP contribution >= 0.6 is 34.5 Å². The van der Waals surface area contributed by atoms with E-state index in [4.69, 9.17) is 27.9 Å². The Hall–Kier alpha value is -1.89. The molecule has 0 unspecified atom stereocenters. The molecule has 1 aromatic heterocycles. The number of rotatable bonds is 4. The summed E-state index contributed by atoms with van der Waals surface area (Å²) >= 11 is 13.4. The molecule has 0 aliphatic rings. The van der Waals surface area contributed by atoms with Gasteiger partial charge in [-0.05, 0) is 36.4 Å². The lowest BCUT2D eigenvalue weighted by Crippen LogP contribution is -2.19.